The zero-order valence-corrected chi connectivity index (χ0v) is 9.34. The normalized spacial score (nSPS) is 9.65. The van der Waals surface area contributed by atoms with Crippen molar-refractivity contribution in [1.29, 1.82) is 5.26 Å². The van der Waals surface area contributed by atoms with E-state index < -0.39 is 0 Å². The van der Waals surface area contributed by atoms with E-state index in [1.54, 1.807) is 24.3 Å². The number of nitrogen functional groups attached to an aromatic ring is 1. The molecule has 4 nitrogen and oxygen atoms in total. The van der Waals surface area contributed by atoms with Gasteiger partial charge in [0.25, 0.3) is 0 Å². The van der Waals surface area contributed by atoms with Gasteiger partial charge in [-0.1, -0.05) is 12.1 Å². The molecular formula is C13H11N3O. The molecule has 0 radical (unpaired) electrons. The number of hydrogen-bond acceptors (Lipinski definition) is 4. The van der Waals surface area contributed by atoms with Gasteiger partial charge in [0.1, 0.15) is 11.8 Å². The monoisotopic (exact) mass is 225 g/mol. The first kappa shape index (κ1) is 11.0. The molecule has 0 amide bonds. The van der Waals surface area contributed by atoms with Gasteiger partial charge in [-0.3, -0.25) is 0 Å². The maximum absolute atomic E-state index is 8.73. The molecule has 2 N–H and O–H groups in total. The maximum atomic E-state index is 8.73. The average Bonchev–Trinajstić information content (AvgIpc) is 2.34. The van der Waals surface area contributed by atoms with E-state index in [0.29, 0.717) is 23.0 Å². The molecule has 0 spiro atoms. The predicted octanol–water partition coefficient (Wildman–Crippen LogP) is 2.64. The second kappa shape index (κ2) is 4.54. The van der Waals surface area contributed by atoms with Crippen molar-refractivity contribution in [3.8, 4) is 17.7 Å². The molecule has 0 saturated carbocycles. The summed E-state index contributed by atoms with van der Waals surface area (Å²) in [7, 11) is 0. The first-order valence-corrected chi connectivity index (χ1v) is 5.10. The van der Waals surface area contributed by atoms with Gasteiger partial charge in [-0.15, -0.1) is 0 Å². The van der Waals surface area contributed by atoms with Crippen LogP contribution in [-0.4, -0.2) is 4.98 Å². The van der Waals surface area contributed by atoms with Crippen LogP contribution in [-0.2, 0) is 0 Å². The number of benzene rings is 1. The third kappa shape index (κ3) is 2.52. The molecule has 2 rings (SSSR count). The van der Waals surface area contributed by atoms with Crippen LogP contribution in [0.25, 0.3) is 0 Å². The number of aryl methyl sites for hydroxylation is 1. The summed E-state index contributed by atoms with van der Waals surface area (Å²) in [6.45, 7) is 1.95. The van der Waals surface area contributed by atoms with Gasteiger partial charge in [0.05, 0.1) is 5.69 Å². The van der Waals surface area contributed by atoms with Crippen LogP contribution in [0.5, 0.6) is 11.6 Å². The SMILES string of the molecule is Cc1ccc(N)c(Oc2cccc(C#N)n2)c1. The summed E-state index contributed by atoms with van der Waals surface area (Å²) in [5.74, 6) is 0.911. The van der Waals surface area contributed by atoms with Crippen molar-refractivity contribution in [2.75, 3.05) is 5.73 Å². The van der Waals surface area contributed by atoms with Gasteiger partial charge in [0.2, 0.25) is 5.88 Å². The van der Waals surface area contributed by atoms with Crippen LogP contribution < -0.4 is 10.5 Å². The summed E-state index contributed by atoms with van der Waals surface area (Å²) in [5.41, 5.74) is 7.69. The van der Waals surface area contributed by atoms with Gasteiger partial charge < -0.3 is 10.5 Å². The highest BCUT2D eigenvalue weighted by atomic mass is 16.5. The fourth-order valence-electron chi connectivity index (χ4n) is 1.38. The Morgan fingerprint density at radius 2 is 2.12 bits per heavy atom. The van der Waals surface area contributed by atoms with E-state index in [4.69, 9.17) is 15.7 Å². The Bertz CT molecular complexity index is 587. The first-order chi connectivity index (χ1) is 8.19. The van der Waals surface area contributed by atoms with Gasteiger partial charge in [-0.2, -0.15) is 5.26 Å². The zero-order valence-electron chi connectivity index (χ0n) is 9.34. The summed E-state index contributed by atoms with van der Waals surface area (Å²) in [5, 5.41) is 8.73. The molecule has 0 aliphatic heterocycles. The number of ether oxygens (including phenoxy) is 1. The Labute approximate surface area is 99.3 Å². The van der Waals surface area contributed by atoms with Crippen LogP contribution in [0.4, 0.5) is 5.69 Å². The fourth-order valence-corrected chi connectivity index (χ4v) is 1.38. The molecule has 1 heterocycles. The quantitative estimate of drug-likeness (QED) is 0.797. The lowest BCUT2D eigenvalue weighted by molar-refractivity contribution is 0.464. The molecule has 1 aromatic heterocycles. The summed E-state index contributed by atoms with van der Waals surface area (Å²) in [4.78, 5) is 4.02. The zero-order chi connectivity index (χ0) is 12.3. The van der Waals surface area contributed by atoms with E-state index >= 15 is 0 Å². The molecule has 0 saturated heterocycles. The number of hydrogen-bond donors (Lipinski definition) is 1. The standard InChI is InChI=1S/C13H11N3O/c1-9-5-6-11(15)12(7-9)17-13-4-2-3-10(8-14)16-13/h2-7H,15H2,1H3. The van der Waals surface area contributed by atoms with Gasteiger partial charge in [-0.05, 0) is 30.7 Å². The third-order valence-corrected chi connectivity index (χ3v) is 2.22. The van der Waals surface area contributed by atoms with Crippen molar-refractivity contribution in [1.82, 2.24) is 4.98 Å². The van der Waals surface area contributed by atoms with Gasteiger partial charge >= 0.3 is 0 Å². The molecular weight excluding hydrogens is 214 g/mol. The summed E-state index contributed by atoms with van der Waals surface area (Å²) in [6, 6.07) is 12.5. The minimum absolute atomic E-state index is 0.314. The molecule has 84 valence electrons. The molecule has 2 aromatic rings. The Kier molecular flexibility index (Phi) is 2.93. The second-order valence-corrected chi connectivity index (χ2v) is 3.62. The van der Waals surface area contributed by atoms with Gasteiger partial charge in [0.15, 0.2) is 5.75 Å². The van der Waals surface area contributed by atoms with Crippen LogP contribution in [0, 0.1) is 18.3 Å². The van der Waals surface area contributed by atoms with E-state index in [9.17, 15) is 0 Å². The van der Waals surface area contributed by atoms with Crippen molar-refractivity contribution < 1.29 is 4.74 Å². The number of nitrogens with two attached hydrogens (primary N) is 1. The van der Waals surface area contributed by atoms with Crippen LogP contribution in [0.15, 0.2) is 36.4 Å². The molecule has 0 fully saturated rings. The number of aromatic nitrogens is 1. The molecule has 4 heteroatoms. The lowest BCUT2D eigenvalue weighted by Crippen LogP contribution is -1.95. The summed E-state index contributed by atoms with van der Waals surface area (Å²) in [6.07, 6.45) is 0. The minimum atomic E-state index is 0.314. The Morgan fingerprint density at radius 3 is 2.88 bits per heavy atom. The number of anilines is 1. The third-order valence-electron chi connectivity index (χ3n) is 2.22. The highest BCUT2D eigenvalue weighted by Crippen LogP contribution is 2.27. The van der Waals surface area contributed by atoms with Crippen LogP contribution >= 0.6 is 0 Å². The van der Waals surface area contributed by atoms with Crippen LogP contribution in [0.2, 0.25) is 0 Å². The molecule has 1 aromatic carbocycles. The summed E-state index contributed by atoms with van der Waals surface area (Å²) >= 11 is 0. The van der Waals surface area contributed by atoms with Crippen LogP contribution in [0.3, 0.4) is 0 Å². The molecule has 0 aliphatic carbocycles. The van der Waals surface area contributed by atoms with Crippen molar-refractivity contribution in [2.24, 2.45) is 0 Å². The largest absolute Gasteiger partial charge is 0.437 e. The highest BCUT2D eigenvalue weighted by Gasteiger charge is 2.04. The van der Waals surface area contributed by atoms with Gasteiger partial charge in [0, 0.05) is 6.07 Å². The molecule has 17 heavy (non-hydrogen) atoms. The number of nitrogens with zero attached hydrogens (tertiary/aromatic N) is 2. The average molecular weight is 225 g/mol. The number of nitriles is 1. The fraction of sp³-hybridized carbons (Fsp3) is 0.0769. The van der Waals surface area contributed by atoms with Crippen molar-refractivity contribution >= 4 is 5.69 Å². The lowest BCUT2D eigenvalue weighted by atomic mass is 10.2. The second-order valence-electron chi connectivity index (χ2n) is 3.62. The number of rotatable bonds is 2. The highest BCUT2D eigenvalue weighted by molar-refractivity contribution is 5.54. The number of pyridine rings is 1. The van der Waals surface area contributed by atoms with E-state index in [1.165, 1.54) is 0 Å². The lowest BCUT2D eigenvalue weighted by Gasteiger charge is -2.08. The molecule has 0 atom stereocenters. The minimum Gasteiger partial charge on any atom is -0.437 e. The Balaban J connectivity index is 2.31. The molecule has 0 aliphatic rings. The van der Waals surface area contributed by atoms with Crippen molar-refractivity contribution in [3.05, 3.63) is 47.7 Å². The van der Waals surface area contributed by atoms with E-state index in [2.05, 4.69) is 4.98 Å². The predicted molar refractivity (Wildman–Crippen MR) is 64.6 cm³/mol. The van der Waals surface area contributed by atoms with Crippen molar-refractivity contribution in [3.63, 3.8) is 0 Å². The molecule has 0 unspecified atom stereocenters. The topological polar surface area (TPSA) is 71.9 Å². The first-order valence-electron chi connectivity index (χ1n) is 5.10. The molecule has 0 bridgehead atoms. The van der Waals surface area contributed by atoms with E-state index in [1.807, 2.05) is 25.1 Å². The Hall–Kier alpha value is -2.54. The van der Waals surface area contributed by atoms with Gasteiger partial charge in [-0.25, -0.2) is 4.98 Å². The van der Waals surface area contributed by atoms with E-state index in [0.717, 1.165) is 5.56 Å². The Morgan fingerprint density at radius 1 is 1.29 bits per heavy atom. The smallest absolute Gasteiger partial charge is 0.220 e. The maximum Gasteiger partial charge on any atom is 0.220 e. The van der Waals surface area contributed by atoms with E-state index in [-0.39, 0.29) is 0 Å². The van der Waals surface area contributed by atoms with Crippen molar-refractivity contribution in [2.45, 2.75) is 6.92 Å². The summed E-state index contributed by atoms with van der Waals surface area (Å²) < 4.78 is 5.55. The van der Waals surface area contributed by atoms with Crippen LogP contribution in [0.1, 0.15) is 11.3 Å².